The molecule has 0 saturated heterocycles. The Morgan fingerprint density at radius 2 is 2.00 bits per heavy atom. The summed E-state index contributed by atoms with van der Waals surface area (Å²) in [4.78, 5) is 16.5. The van der Waals surface area contributed by atoms with Gasteiger partial charge in [-0.15, -0.1) is 0 Å². The van der Waals surface area contributed by atoms with E-state index in [1.54, 1.807) is 0 Å². The molecule has 1 rings (SSSR count). The van der Waals surface area contributed by atoms with E-state index in [1.807, 2.05) is 0 Å². The number of nitrogens with zero attached hydrogens (tertiary/aromatic N) is 1. The standard InChI is InChI=1S/C13H22BrNO3SSi/c1-13(2,3)20(5,6)18-8-7-9-10(11(16)17-4)19-12(14)15-9/h7-8H2,1-6H3. The first kappa shape index (κ1) is 17.8. The molecule has 0 fully saturated rings. The number of ether oxygens (including phenoxy) is 1. The van der Waals surface area contributed by atoms with Crippen LogP contribution in [-0.4, -0.2) is 33.0 Å². The van der Waals surface area contributed by atoms with Crippen molar-refractivity contribution in [3.63, 3.8) is 0 Å². The van der Waals surface area contributed by atoms with Crippen molar-refractivity contribution in [3.05, 3.63) is 14.5 Å². The molecular weight excluding hydrogens is 358 g/mol. The van der Waals surface area contributed by atoms with Gasteiger partial charge in [-0.05, 0) is 34.1 Å². The van der Waals surface area contributed by atoms with Crippen LogP contribution < -0.4 is 0 Å². The monoisotopic (exact) mass is 379 g/mol. The van der Waals surface area contributed by atoms with Crippen LogP contribution in [0, 0.1) is 0 Å². The minimum Gasteiger partial charge on any atom is -0.465 e. The van der Waals surface area contributed by atoms with E-state index in [-0.39, 0.29) is 11.0 Å². The van der Waals surface area contributed by atoms with Gasteiger partial charge in [-0.3, -0.25) is 0 Å². The molecule has 0 N–H and O–H groups in total. The van der Waals surface area contributed by atoms with Crippen LogP contribution in [-0.2, 0) is 15.6 Å². The molecule has 0 amide bonds. The van der Waals surface area contributed by atoms with Crippen molar-refractivity contribution in [1.29, 1.82) is 0 Å². The Kier molecular flexibility index (Phi) is 5.95. The molecule has 0 aliphatic carbocycles. The van der Waals surface area contributed by atoms with Crippen LogP contribution in [0.4, 0.5) is 0 Å². The highest BCUT2D eigenvalue weighted by atomic mass is 79.9. The van der Waals surface area contributed by atoms with Crippen LogP contribution in [0.5, 0.6) is 0 Å². The number of hydrogen-bond donors (Lipinski definition) is 0. The molecule has 1 heterocycles. The molecule has 1 aromatic heterocycles. The molecule has 4 nitrogen and oxygen atoms in total. The first-order valence-corrected chi connectivity index (χ1v) is 11.0. The maximum atomic E-state index is 11.7. The molecule has 20 heavy (non-hydrogen) atoms. The van der Waals surface area contributed by atoms with Gasteiger partial charge in [0.25, 0.3) is 0 Å². The second-order valence-electron chi connectivity index (χ2n) is 6.09. The summed E-state index contributed by atoms with van der Waals surface area (Å²) in [5, 5.41) is 0.181. The lowest BCUT2D eigenvalue weighted by molar-refractivity contribution is 0.0604. The predicted octanol–water partition coefficient (Wildman–Crippen LogP) is 4.26. The van der Waals surface area contributed by atoms with Crippen molar-refractivity contribution in [1.82, 2.24) is 4.98 Å². The predicted molar refractivity (Wildman–Crippen MR) is 88.0 cm³/mol. The molecule has 0 aliphatic heterocycles. The molecule has 0 aliphatic rings. The molecule has 0 saturated carbocycles. The van der Waals surface area contributed by atoms with Gasteiger partial charge >= 0.3 is 5.97 Å². The summed E-state index contributed by atoms with van der Waals surface area (Å²) in [7, 11) is -0.376. The zero-order valence-electron chi connectivity index (χ0n) is 12.9. The van der Waals surface area contributed by atoms with Gasteiger partial charge in [-0.25, -0.2) is 9.78 Å². The van der Waals surface area contributed by atoms with Crippen LogP contribution in [0.25, 0.3) is 0 Å². The number of carbonyl (C=O) groups is 1. The first-order chi connectivity index (χ1) is 9.08. The van der Waals surface area contributed by atoms with E-state index in [0.717, 1.165) is 5.69 Å². The van der Waals surface area contributed by atoms with E-state index in [9.17, 15) is 4.79 Å². The third kappa shape index (κ3) is 4.38. The summed E-state index contributed by atoms with van der Waals surface area (Å²) >= 11 is 4.61. The Bertz CT molecular complexity index is 482. The minimum atomic E-state index is -1.76. The molecule has 7 heteroatoms. The molecule has 0 spiro atoms. The Balaban J connectivity index is 2.70. The molecule has 0 radical (unpaired) electrons. The van der Waals surface area contributed by atoms with Gasteiger partial charge in [-0.1, -0.05) is 32.1 Å². The Labute approximate surface area is 134 Å². The normalized spacial score (nSPS) is 12.6. The number of carbonyl (C=O) groups excluding carboxylic acids is 1. The number of esters is 1. The minimum absolute atomic E-state index is 0.181. The van der Waals surface area contributed by atoms with Crippen LogP contribution in [0.15, 0.2) is 3.92 Å². The van der Waals surface area contributed by atoms with Crippen LogP contribution in [0.3, 0.4) is 0 Å². The number of thiazole rings is 1. The highest BCUT2D eigenvalue weighted by Crippen LogP contribution is 2.36. The molecule has 0 bridgehead atoms. The second-order valence-corrected chi connectivity index (χ2v) is 13.2. The smallest absolute Gasteiger partial charge is 0.350 e. The van der Waals surface area contributed by atoms with Gasteiger partial charge in [0.2, 0.25) is 0 Å². The lowest BCUT2D eigenvalue weighted by atomic mass is 10.2. The summed E-state index contributed by atoms with van der Waals surface area (Å²) in [6.45, 7) is 11.6. The molecule has 0 atom stereocenters. The number of aromatic nitrogens is 1. The van der Waals surface area contributed by atoms with Crippen LogP contribution in [0.2, 0.25) is 18.1 Å². The zero-order chi connectivity index (χ0) is 15.6. The fourth-order valence-corrected chi connectivity index (χ4v) is 3.87. The van der Waals surface area contributed by atoms with Crippen molar-refractivity contribution in [2.75, 3.05) is 13.7 Å². The number of rotatable bonds is 5. The van der Waals surface area contributed by atoms with E-state index < -0.39 is 8.32 Å². The van der Waals surface area contributed by atoms with Gasteiger partial charge in [0.05, 0.1) is 12.8 Å². The number of halogens is 1. The summed E-state index contributed by atoms with van der Waals surface area (Å²) in [6.07, 6.45) is 0.624. The van der Waals surface area contributed by atoms with E-state index in [0.29, 0.717) is 21.8 Å². The second kappa shape index (κ2) is 6.68. The Hall–Kier alpha value is -0.243. The molecule has 114 valence electrons. The van der Waals surface area contributed by atoms with Crippen molar-refractivity contribution in [3.8, 4) is 0 Å². The average Bonchev–Trinajstić information content (AvgIpc) is 2.68. The third-order valence-corrected chi connectivity index (χ3v) is 9.72. The van der Waals surface area contributed by atoms with Crippen molar-refractivity contribution in [2.24, 2.45) is 0 Å². The quantitative estimate of drug-likeness (QED) is 0.566. The molecule has 1 aromatic rings. The lowest BCUT2D eigenvalue weighted by Crippen LogP contribution is -2.41. The maximum Gasteiger partial charge on any atom is 0.350 e. The van der Waals surface area contributed by atoms with E-state index in [4.69, 9.17) is 9.16 Å². The summed E-state index contributed by atoms with van der Waals surface area (Å²) in [5.74, 6) is -0.337. The van der Waals surface area contributed by atoms with Gasteiger partial charge < -0.3 is 9.16 Å². The van der Waals surface area contributed by atoms with Gasteiger partial charge in [0, 0.05) is 13.0 Å². The fraction of sp³-hybridized carbons (Fsp3) is 0.692. The maximum absolute atomic E-state index is 11.7. The van der Waals surface area contributed by atoms with Crippen molar-refractivity contribution < 1.29 is 14.0 Å². The summed E-state index contributed by atoms with van der Waals surface area (Å²) in [5.41, 5.74) is 0.743. The lowest BCUT2D eigenvalue weighted by Gasteiger charge is -2.36. The Morgan fingerprint density at radius 3 is 2.50 bits per heavy atom. The summed E-state index contributed by atoms with van der Waals surface area (Å²) < 4.78 is 11.6. The highest BCUT2D eigenvalue weighted by molar-refractivity contribution is 9.11. The Morgan fingerprint density at radius 1 is 1.40 bits per heavy atom. The fourth-order valence-electron chi connectivity index (χ4n) is 1.36. The van der Waals surface area contributed by atoms with Gasteiger partial charge in [0.15, 0.2) is 12.2 Å². The van der Waals surface area contributed by atoms with E-state index in [2.05, 4.69) is 54.8 Å². The molecule has 0 aromatic carbocycles. The van der Waals surface area contributed by atoms with Gasteiger partial charge in [0.1, 0.15) is 4.88 Å². The van der Waals surface area contributed by atoms with Gasteiger partial charge in [-0.2, -0.15) is 0 Å². The third-order valence-electron chi connectivity index (χ3n) is 3.65. The van der Waals surface area contributed by atoms with Crippen molar-refractivity contribution >= 4 is 41.6 Å². The molecular formula is C13H22BrNO3SSi. The molecule has 0 unspecified atom stereocenters. The van der Waals surface area contributed by atoms with E-state index in [1.165, 1.54) is 18.4 Å². The average molecular weight is 380 g/mol. The highest BCUT2D eigenvalue weighted by Gasteiger charge is 2.37. The first-order valence-electron chi connectivity index (χ1n) is 6.46. The topological polar surface area (TPSA) is 48.4 Å². The largest absolute Gasteiger partial charge is 0.465 e. The summed E-state index contributed by atoms with van der Waals surface area (Å²) in [6, 6.07) is 0. The van der Waals surface area contributed by atoms with E-state index >= 15 is 0 Å². The van der Waals surface area contributed by atoms with Crippen LogP contribution in [0.1, 0.15) is 36.1 Å². The van der Waals surface area contributed by atoms with Crippen LogP contribution >= 0.6 is 27.3 Å². The zero-order valence-corrected chi connectivity index (χ0v) is 16.3. The van der Waals surface area contributed by atoms with Crippen molar-refractivity contribution in [2.45, 2.75) is 45.3 Å². The number of methoxy groups -OCH3 is 1. The number of hydrogen-bond acceptors (Lipinski definition) is 5. The SMILES string of the molecule is COC(=O)c1sc(Br)nc1CCO[Si](C)(C)C(C)(C)C.